The van der Waals surface area contributed by atoms with Gasteiger partial charge in [-0.3, -0.25) is 0 Å². The van der Waals surface area contributed by atoms with E-state index in [4.69, 9.17) is 16.2 Å². The summed E-state index contributed by atoms with van der Waals surface area (Å²) in [4.78, 5) is 0. The van der Waals surface area contributed by atoms with Gasteiger partial charge in [0.05, 0.1) is 0 Å². The van der Waals surface area contributed by atoms with Gasteiger partial charge in [-0.05, 0) is 12.1 Å². The first-order chi connectivity index (χ1) is 4.74. The van der Waals surface area contributed by atoms with Crippen molar-refractivity contribution in [1.82, 2.24) is 0 Å². The molecule has 0 bridgehead atoms. The Balaban J connectivity index is 3.19. The number of aromatic hydroxyl groups is 1. The molecule has 52 valence electrons. The van der Waals surface area contributed by atoms with Gasteiger partial charge in [-0.2, -0.15) is 0 Å². The van der Waals surface area contributed by atoms with Gasteiger partial charge in [0.1, 0.15) is 5.75 Å². The number of phenols is 1. The minimum Gasteiger partial charge on any atom is -0.507 e. The van der Waals surface area contributed by atoms with Crippen LogP contribution in [-0.2, 0) is 0 Å². The van der Waals surface area contributed by atoms with Crippen LogP contribution < -0.4 is 5.73 Å². The third kappa shape index (κ3) is 1.07. The summed E-state index contributed by atoms with van der Waals surface area (Å²) < 4.78 is 0. The lowest BCUT2D eigenvalue weighted by Gasteiger charge is -1.97. The monoisotopic (exact) mass is 136 g/mol. The van der Waals surface area contributed by atoms with Crippen molar-refractivity contribution in [3.8, 4) is 5.75 Å². The second-order valence-electron chi connectivity index (χ2n) is 1.96. The summed E-state index contributed by atoms with van der Waals surface area (Å²) in [6.45, 7) is 0. The normalized spacial score (nSPS) is 9.20. The number of nitrogen functional groups attached to an aromatic ring is 1. The first-order valence-corrected chi connectivity index (χ1v) is 2.83. The van der Waals surface area contributed by atoms with Crippen LogP contribution in [0.25, 0.3) is 0 Å². The molecule has 0 unspecified atom stereocenters. The fraction of sp³-hybridized carbons (Fsp3) is 0. The van der Waals surface area contributed by atoms with Gasteiger partial charge in [0.25, 0.3) is 0 Å². The summed E-state index contributed by atoms with van der Waals surface area (Å²) in [5.41, 5.74) is 6.33. The van der Waals surface area contributed by atoms with Crippen LogP contribution in [0.15, 0.2) is 18.2 Å². The van der Waals surface area contributed by atoms with Gasteiger partial charge < -0.3 is 16.2 Å². The Morgan fingerprint density at radius 1 is 1.50 bits per heavy atom. The second-order valence-corrected chi connectivity index (χ2v) is 1.96. The zero-order valence-corrected chi connectivity index (χ0v) is 5.33. The number of phenolic OH excluding ortho intramolecular Hbond substituents is 1. The van der Waals surface area contributed by atoms with Gasteiger partial charge in [-0.1, -0.05) is 0 Å². The molecule has 1 aromatic rings. The molecule has 0 spiro atoms. The van der Waals surface area contributed by atoms with Crippen molar-refractivity contribution in [2.45, 2.75) is 0 Å². The van der Waals surface area contributed by atoms with E-state index in [-0.39, 0.29) is 5.75 Å². The standard InChI is InChI=1S/C7H8N2O/c8-4-5-1-2-6(9)3-7(5)10/h1-4,8,10H,9H2. The highest BCUT2D eigenvalue weighted by Crippen LogP contribution is 2.17. The molecule has 0 aliphatic heterocycles. The van der Waals surface area contributed by atoms with Crippen LogP contribution in [0.1, 0.15) is 5.56 Å². The third-order valence-electron chi connectivity index (χ3n) is 1.21. The van der Waals surface area contributed by atoms with E-state index in [9.17, 15) is 0 Å². The van der Waals surface area contributed by atoms with Crippen molar-refractivity contribution in [1.29, 1.82) is 5.41 Å². The number of nitrogens with two attached hydrogens (primary N) is 1. The van der Waals surface area contributed by atoms with Crippen molar-refractivity contribution >= 4 is 11.9 Å². The fourth-order valence-electron chi connectivity index (χ4n) is 0.683. The number of rotatable bonds is 1. The van der Waals surface area contributed by atoms with Gasteiger partial charge in [-0.15, -0.1) is 0 Å². The lowest BCUT2D eigenvalue weighted by Crippen LogP contribution is -1.86. The average molecular weight is 136 g/mol. The van der Waals surface area contributed by atoms with Crippen LogP contribution in [0.3, 0.4) is 0 Å². The van der Waals surface area contributed by atoms with Gasteiger partial charge in [-0.25, -0.2) is 0 Å². The molecule has 0 saturated carbocycles. The van der Waals surface area contributed by atoms with Gasteiger partial charge in [0.2, 0.25) is 0 Å². The number of anilines is 1. The Kier molecular flexibility index (Phi) is 1.58. The zero-order chi connectivity index (χ0) is 7.56. The predicted molar refractivity (Wildman–Crippen MR) is 40.4 cm³/mol. The van der Waals surface area contributed by atoms with E-state index in [0.717, 1.165) is 6.21 Å². The Morgan fingerprint density at radius 3 is 2.70 bits per heavy atom. The molecule has 0 atom stereocenters. The quantitative estimate of drug-likeness (QED) is 0.397. The summed E-state index contributed by atoms with van der Waals surface area (Å²) in [5.74, 6) is 0.0509. The number of nitrogens with one attached hydrogen (secondary N) is 1. The van der Waals surface area contributed by atoms with Crippen LogP contribution >= 0.6 is 0 Å². The fourth-order valence-corrected chi connectivity index (χ4v) is 0.683. The second kappa shape index (κ2) is 2.39. The minimum absolute atomic E-state index is 0.0509. The highest BCUT2D eigenvalue weighted by molar-refractivity contribution is 5.81. The van der Waals surface area contributed by atoms with E-state index in [1.54, 1.807) is 12.1 Å². The molecule has 1 aromatic carbocycles. The van der Waals surface area contributed by atoms with Crippen molar-refractivity contribution in [3.05, 3.63) is 23.8 Å². The molecule has 0 amide bonds. The lowest BCUT2D eigenvalue weighted by atomic mass is 10.2. The van der Waals surface area contributed by atoms with Crippen LogP contribution in [0, 0.1) is 5.41 Å². The molecule has 0 saturated heterocycles. The molecule has 0 aliphatic rings. The first kappa shape index (κ1) is 6.61. The molecule has 0 radical (unpaired) electrons. The minimum atomic E-state index is 0.0509. The maximum absolute atomic E-state index is 9.06. The number of hydrogen-bond acceptors (Lipinski definition) is 3. The molecule has 3 heteroatoms. The van der Waals surface area contributed by atoms with E-state index in [2.05, 4.69) is 0 Å². The summed E-state index contributed by atoms with van der Waals surface area (Å²) in [6.07, 6.45) is 1.08. The van der Waals surface area contributed by atoms with Crippen LogP contribution in [0.2, 0.25) is 0 Å². The SMILES string of the molecule is N=Cc1ccc(N)cc1O. The average Bonchev–Trinajstić information content (AvgIpc) is 1.88. The number of benzene rings is 1. The van der Waals surface area contributed by atoms with Crippen molar-refractivity contribution in [2.75, 3.05) is 5.73 Å². The summed E-state index contributed by atoms with van der Waals surface area (Å²) in [7, 11) is 0. The van der Waals surface area contributed by atoms with E-state index >= 15 is 0 Å². The topological polar surface area (TPSA) is 70.1 Å². The third-order valence-corrected chi connectivity index (χ3v) is 1.21. The molecule has 4 N–H and O–H groups in total. The zero-order valence-electron chi connectivity index (χ0n) is 5.33. The molecule has 0 heterocycles. The highest BCUT2D eigenvalue weighted by Gasteiger charge is 1.95. The Hall–Kier alpha value is -1.51. The van der Waals surface area contributed by atoms with Crippen molar-refractivity contribution in [2.24, 2.45) is 0 Å². The molecule has 0 fully saturated rings. The smallest absolute Gasteiger partial charge is 0.126 e. The molecule has 10 heavy (non-hydrogen) atoms. The Labute approximate surface area is 58.6 Å². The Morgan fingerprint density at radius 2 is 2.20 bits per heavy atom. The summed E-state index contributed by atoms with van der Waals surface area (Å²) >= 11 is 0. The van der Waals surface area contributed by atoms with E-state index < -0.39 is 0 Å². The van der Waals surface area contributed by atoms with Crippen LogP contribution in [0.4, 0.5) is 5.69 Å². The molecular weight excluding hydrogens is 128 g/mol. The maximum atomic E-state index is 9.06. The largest absolute Gasteiger partial charge is 0.507 e. The van der Waals surface area contributed by atoms with Crippen LogP contribution in [-0.4, -0.2) is 11.3 Å². The molecular formula is C7H8N2O. The highest BCUT2D eigenvalue weighted by atomic mass is 16.3. The van der Waals surface area contributed by atoms with Gasteiger partial charge >= 0.3 is 0 Å². The molecule has 0 aliphatic carbocycles. The molecule has 1 rings (SSSR count). The van der Waals surface area contributed by atoms with Crippen molar-refractivity contribution in [3.63, 3.8) is 0 Å². The van der Waals surface area contributed by atoms with Crippen molar-refractivity contribution < 1.29 is 5.11 Å². The van der Waals surface area contributed by atoms with Crippen LogP contribution in [0.5, 0.6) is 5.75 Å². The first-order valence-electron chi connectivity index (χ1n) is 2.83. The van der Waals surface area contributed by atoms with Gasteiger partial charge in [0.15, 0.2) is 0 Å². The molecule has 3 nitrogen and oxygen atoms in total. The van der Waals surface area contributed by atoms with E-state index in [1.807, 2.05) is 0 Å². The van der Waals surface area contributed by atoms with E-state index in [0.29, 0.717) is 11.3 Å². The Bertz CT molecular complexity index is 258. The van der Waals surface area contributed by atoms with Gasteiger partial charge in [0, 0.05) is 23.5 Å². The predicted octanol–water partition coefficient (Wildman–Crippen LogP) is 0.972. The van der Waals surface area contributed by atoms with E-state index in [1.165, 1.54) is 6.07 Å². The lowest BCUT2D eigenvalue weighted by molar-refractivity contribution is 0.475. The maximum Gasteiger partial charge on any atom is 0.126 e. The molecule has 0 aromatic heterocycles. The number of hydrogen-bond donors (Lipinski definition) is 3. The summed E-state index contributed by atoms with van der Waals surface area (Å²) in [6, 6.07) is 4.65. The summed E-state index contributed by atoms with van der Waals surface area (Å²) in [5, 5.41) is 15.9.